The number of rotatable bonds is 4. The van der Waals surface area contributed by atoms with Gasteiger partial charge in [-0.15, -0.1) is 0 Å². The third-order valence-electron chi connectivity index (χ3n) is 2.31. The molecular formula is C10H18N2O. The number of aryl methyl sites for hydroxylation is 2. The summed E-state index contributed by atoms with van der Waals surface area (Å²) < 4.78 is 1.85. The summed E-state index contributed by atoms with van der Waals surface area (Å²) in [6.45, 7) is 6.90. The fourth-order valence-electron chi connectivity index (χ4n) is 1.42. The molecule has 0 aromatic carbocycles. The van der Waals surface area contributed by atoms with Crippen LogP contribution in [-0.4, -0.2) is 14.9 Å². The number of unbranched alkanes of at least 4 members (excludes halogenated alkanes) is 1. The van der Waals surface area contributed by atoms with Crippen LogP contribution in [0, 0.1) is 6.92 Å². The van der Waals surface area contributed by atoms with Crippen LogP contribution in [0.4, 0.5) is 0 Å². The summed E-state index contributed by atoms with van der Waals surface area (Å²) in [5.41, 5.74) is 1.73. The van der Waals surface area contributed by atoms with Crippen molar-refractivity contribution in [2.45, 2.75) is 46.6 Å². The monoisotopic (exact) mass is 182 g/mol. The number of aromatic hydroxyl groups is 1. The summed E-state index contributed by atoms with van der Waals surface area (Å²) in [7, 11) is 0. The van der Waals surface area contributed by atoms with Crippen LogP contribution in [0.2, 0.25) is 0 Å². The molecule has 1 aromatic rings. The smallest absolute Gasteiger partial charge is 0.159 e. The molecule has 0 saturated carbocycles. The van der Waals surface area contributed by atoms with Gasteiger partial charge in [-0.1, -0.05) is 13.3 Å². The third-order valence-corrected chi connectivity index (χ3v) is 2.31. The van der Waals surface area contributed by atoms with Crippen molar-refractivity contribution in [1.29, 1.82) is 0 Å². The Hall–Kier alpha value is -0.990. The standard InChI is InChI=1S/C10H18N2O/c1-4-6-7-9-10(13)8(3)12(5-2)11-9/h13H,4-7H2,1-3H3. The zero-order valence-electron chi connectivity index (χ0n) is 8.67. The first-order valence-electron chi connectivity index (χ1n) is 4.95. The average Bonchev–Trinajstić information content (AvgIpc) is 2.41. The number of hydrogen-bond acceptors (Lipinski definition) is 2. The first kappa shape index (κ1) is 10.1. The molecule has 0 amide bonds. The van der Waals surface area contributed by atoms with Crippen LogP contribution in [0.3, 0.4) is 0 Å². The van der Waals surface area contributed by atoms with Gasteiger partial charge in [0.1, 0.15) is 5.69 Å². The van der Waals surface area contributed by atoms with Crippen molar-refractivity contribution < 1.29 is 5.11 Å². The highest BCUT2D eigenvalue weighted by Gasteiger charge is 2.11. The van der Waals surface area contributed by atoms with E-state index in [4.69, 9.17) is 0 Å². The number of hydrogen-bond donors (Lipinski definition) is 1. The number of nitrogens with zero attached hydrogens (tertiary/aromatic N) is 2. The minimum Gasteiger partial charge on any atom is -0.504 e. The fraction of sp³-hybridized carbons (Fsp3) is 0.700. The van der Waals surface area contributed by atoms with Crippen molar-refractivity contribution in [2.24, 2.45) is 0 Å². The molecule has 74 valence electrons. The molecule has 1 aromatic heterocycles. The minimum absolute atomic E-state index is 0.385. The van der Waals surface area contributed by atoms with E-state index in [0.717, 1.165) is 37.2 Å². The Morgan fingerprint density at radius 2 is 2.08 bits per heavy atom. The van der Waals surface area contributed by atoms with E-state index in [1.54, 1.807) is 0 Å². The molecule has 0 radical (unpaired) electrons. The van der Waals surface area contributed by atoms with Crippen LogP contribution < -0.4 is 0 Å². The highest BCUT2D eigenvalue weighted by Crippen LogP contribution is 2.22. The lowest BCUT2D eigenvalue weighted by atomic mass is 10.2. The van der Waals surface area contributed by atoms with Crippen molar-refractivity contribution in [1.82, 2.24) is 9.78 Å². The van der Waals surface area contributed by atoms with Crippen molar-refractivity contribution in [3.8, 4) is 5.75 Å². The van der Waals surface area contributed by atoms with Gasteiger partial charge in [-0.05, 0) is 26.7 Å². The molecule has 0 unspecified atom stereocenters. The molecule has 0 bridgehead atoms. The molecule has 1 rings (SSSR count). The zero-order valence-corrected chi connectivity index (χ0v) is 8.67. The summed E-state index contributed by atoms with van der Waals surface area (Å²) >= 11 is 0. The van der Waals surface area contributed by atoms with Crippen LogP contribution in [0.1, 0.15) is 38.1 Å². The summed E-state index contributed by atoms with van der Waals surface area (Å²) in [4.78, 5) is 0. The maximum atomic E-state index is 9.69. The lowest BCUT2D eigenvalue weighted by molar-refractivity contribution is 0.461. The summed E-state index contributed by atoms with van der Waals surface area (Å²) in [6, 6.07) is 0. The van der Waals surface area contributed by atoms with Crippen LogP contribution >= 0.6 is 0 Å². The summed E-state index contributed by atoms with van der Waals surface area (Å²) in [6.07, 6.45) is 3.11. The second kappa shape index (κ2) is 4.30. The SMILES string of the molecule is CCCCc1nn(CC)c(C)c1O. The van der Waals surface area contributed by atoms with E-state index >= 15 is 0 Å². The lowest BCUT2D eigenvalue weighted by Gasteiger charge is -1.95. The van der Waals surface area contributed by atoms with Crippen molar-refractivity contribution in [3.63, 3.8) is 0 Å². The van der Waals surface area contributed by atoms with Gasteiger partial charge in [0.2, 0.25) is 0 Å². The predicted molar refractivity (Wildman–Crippen MR) is 52.9 cm³/mol. The van der Waals surface area contributed by atoms with Crippen LogP contribution in [0.5, 0.6) is 5.75 Å². The Morgan fingerprint density at radius 1 is 1.38 bits per heavy atom. The van der Waals surface area contributed by atoms with E-state index in [2.05, 4.69) is 12.0 Å². The predicted octanol–water partition coefficient (Wildman–Crippen LogP) is 2.26. The normalized spacial score (nSPS) is 10.7. The minimum atomic E-state index is 0.385. The van der Waals surface area contributed by atoms with E-state index in [1.807, 2.05) is 18.5 Å². The molecule has 0 fully saturated rings. The molecule has 0 saturated heterocycles. The largest absolute Gasteiger partial charge is 0.504 e. The third kappa shape index (κ3) is 2.02. The Kier molecular flexibility index (Phi) is 3.34. The van der Waals surface area contributed by atoms with Crippen LogP contribution in [-0.2, 0) is 13.0 Å². The van der Waals surface area contributed by atoms with E-state index < -0.39 is 0 Å². The van der Waals surface area contributed by atoms with Crippen molar-refractivity contribution in [2.75, 3.05) is 0 Å². The van der Waals surface area contributed by atoms with Gasteiger partial charge in [0.15, 0.2) is 5.75 Å². The molecule has 0 spiro atoms. The summed E-state index contributed by atoms with van der Waals surface area (Å²) in [5, 5.41) is 14.0. The maximum absolute atomic E-state index is 9.69. The van der Waals surface area contributed by atoms with Gasteiger partial charge in [-0.2, -0.15) is 5.10 Å². The second-order valence-electron chi connectivity index (χ2n) is 3.30. The molecule has 0 atom stereocenters. The van der Waals surface area contributed by atoms with E-state index in [-0.39, 0.29) is 0 Å². The molecule has 3 nitrogen and oxygen atoms in total. The summed E-state index contributed by atoms with van der Waals surface area (Å²) in [5.74, 6) is 0.385. The maximum Gasteiger partial charge on any atom is 0.159 e. The van der Waals surface area contributed by atoms with Gasteiger partial charge in [0.05, 0.1) is 5.69 Å². The molecule has 0 aliphatic rings. The Balaban J connectivity index is 2.82. The average molecular weight is 182 g/mol. The molecule has 13 heavy (non-hydrogen) atoms. The Bertz CT molecular complexity index is 279. The van der Waals surface area contributed by atoms with Crippen LogP contribution in [0.15, 0.2) is 0 Å². The Morgan fingerprint density at radius 3 is 2.54 bits per heavy atom. The van der Waals surface area contributed by atoms with Gasteiger partial charge in [-0.25, -0.2) is 0 Å². The molecule has 0 aliphatic carbocycles. The van der Waals surface area contributed by atoms with E-state index in [0.29, 0.717) is 5.75 Å². The van der Waals surface area contributed by atoms with Gasteiger partial charge in [-0.3, -0.25) is 4.68 Å². The number of aromatic nitrogens is 2. The second-order valence-corrected chi connectivity index (χ2v) is 3.30. The van der Waals surface area contributed by atoms with Gasteiger partial charge in [0, 0.05) is 6.54 Å². The first-order chi connectivity index (χ1) is 6.20. The van der Waals surface area contributed by atoms with E-state index in [9.17, 15) is 5.11 Å². The van der Waals surface area contributed by atoms with Gasteiger partial charge >= 0.3 is 0 Å². The Labute approximate surface area is 79.4 Å². The van der Waals surface area contributed by atoms with Gasteiger partial charge < -0.3 is 5.11 Å². The van der Waals surface area contributed by atoms with Crippen molar-refractivity contribution in [3.05, 3.63) is 11.4 Å². The molecule has 1 heterocycles. The van der Waals surface area contributed by atoms with Crippen LogP contribution in [0.25, 0.3) is 0 Å². The molecule has 0 aliphatic heterocycles. The van der Waals surface area contributed by atoms with E-state index in [1.165, 1.54) is 0 Å². The fourth-order valence-corrected chi connectivity index (χ4v) is 1.42. The zero-order chi connectivity index (χ0) is 9.84. The van der Waals surface area contributed by atoms with Crippen molar-refractivity contribution >= 4 is 0 Å². The van der Waals surface area contributed by atoms with Gasteiger partial charge in [0.25, 0.3) is 0 Å². The highest BCUT2D eigenvalue weighted by atomic mass is 16.3. The topological polar surface area (TPSA) is 38.0 Å². The highest BCUT2D eigenvalue weighted by molar-refractivity contribution is 5.31. The molecule has 3 heteroatoms. The molecule has 1 N–H and O–H groups in total. The molecular weight excluding hydrogens is 164 g/mol. The first-order valence-corrected chi connectivity index (χ1v) is 4.95. The lowest BCUT2D eigenvalue weighted by Crippen LogP contribution is -1.99. The quantitative estimate of drug-likeness (QED) is 0.775.